The van der Waals surface area contributed by atoms with Crippen molar-refractivity contribution in [3.8, 4) is 0 Å². The van der Waals surface area contributed by atoms with Crippen molar-refractivity contribution in [2.24, 2.45) is 0 Å². The maximum atomic E-state index is 6.24. The fourth-order valence-electron chi connectivity index (χ4n) is 4.45. The zero-order valence-corrected chi connectivity index (χ0v) is 16.7. The molecule has 2 aromatic carbocycles. The molecule has 27 heavy (non-hydrogen) atoms. The molecule has 2 heterocycles. The van der Waals surface area contributed by atoms with Gasteiger partial charge < -0.3 is 13.7 Å². The van der Waals surface area contributed by atoms with E-state index >= 15 is 0 Å². The molecule has 1 saturated heterocycles. The summed E-state index contributed by atoms with van der Waals surface area (Å²) in [6.45, 7) is 8.36. The summed E-state index contributed by atoms with van der Waals surface area (Å²) < 4.78 is 18.6. The molecule has 3 nitrogen and oxygen atoms in total. The molecule has 0 bridgehead atoms. The zero-order valence-electron chi connectivity index (χ0n) is 16.7. The summed E-state index contributed by atoms with van der Waals surface area (Å²) in [6, 6.07) is 13.0. The van der Waals surface area contributed by atoms with Crippen molar-refractivity contribution in [1.29, 1.82) is 0 Å². The van der Waals surface area contributed by atoms with Crippen molar-refractivity contribution >= 4 is 34.5 Å². The third kappa shape index (κ3) is 2.73. The van der Waals surface area contributed by atoms with Gasteiger partial charge in [-0.1, -0.05) is 31.0 Å². The first-order valence-electron chi connectivity index (χ1n) is 10.2. The summed E-state index contributed by atoms with van der Waals surface area (Å²) in [7, 11) is -0.345. The Morgan fingerprint density at radius 2 is 1.41 bits per heavy atom. The Morgan fingerprint density at radius 1 is 0.815 bits per heavy atom. The van der Waals surface area contributed by atoms with Crippen LogP contribution in [0.5, 0.6) is 0 Å². The first-order chi connectivity index (χ1) is 12.8. The molecular formula is C23H27BO3. The van der Waals surface area contributed by atoms with Gasteiger partial charge in [0.15, 0.2) is 0 Å². The van der Waals surface area contributed by atoms with Crippen LogP contribution in [-0.2, 0) is 9.31 Å². The second-order valence-electron chi connectivity index (χ2n) is 9.18. The fraction of sp³-hybridized carbons (Fsp3) is 0.478. The van der Waals surface area contributed by atoms with E-state index < -0.39 is 0 Å². The van der Waals surface area contributed by atoms with E-state index in [-0.39, 0.29) is 18.3 Å². The van der Waals surface area contributed by atoms with Gasteiger partial charge in [0.05, 0.1) is 11.2 Å². The van der Waals surface area contributed by atoms with Gasteiger partial charge in [-0.15, -0.1) is 0 Å². The molecule has 1 aromatic heterocycles. The highest BCUT2D eigenvalue weighted by atomic mass is 16.7. The fourth-order valence-corrected chi connectivity index (χ4v) is 4.45. The van der Waals surface area contributed by atoms with Gasteiger partial charge in [-0.25, -0.2) is 0 Å². The highest BCUT2D eigenvalue weighted by molar-refractivity contribution is 6.62. The predicted octanol–water partition coefficient (Wildman–Crippen LogP) is 5.54. The molecule has 0 atom stereocenters. The number of hydrogen-bond donors (Lipinski definition) is 0. The highest BCUT2D eigenvalue weighted by Gasteiger charge is 2.51. The molecule has 1 aliphatic carbocycles. The van der Waals surface area contributed by atoms with E-state index in [1.165, 1.54) is 36.6 Å². The molecule has 0 N–H and O–H groups in total. The second kappa shape index (κ2) is 5.86. The van der Waals surface area contributed by atoms with Crippen molar-refractivity contribution in [3.63, 3.8) is 0 Å². The molecule has 1 aliphatic heterocycles. The van der Waals surface area contributed by atoms with Gasteiger partial charge in [-0.2, -0.15) is 0 Å². The van der Waals surface area contributed by atoms with Crippen LogP contribution < -0.4 is 5.46 Å². The van der Waals surface area contributed by atoms with Crippen LogP contribution in [0.3, 0.4) is 0 Å². The highest BCUT2D eigenvalue weighted by Crippen LogP contribution is 2.39. The van der Waals surface area contributed by atoms with E-state index in [4.69, 9.17) is 13.7 Å². The van der Waals surface area contributed by atoms with E-state index in [2.05, 4.69) is 58.0 Å². The lowest BCUT2D eigenvalue weighted by atomic mass is 9.78. The molecule has 4 heteroatoms. The Morgan fingerprint density at radius 3 is 2.07 bits per heavy atom. The van der Waals surface area contributed by atoms with E-state index in [0.717, 1.165) is 22.0 Å². The monoisotopic (exact) mass is 362 g/mol. The summed E-state index contributed by atoms with van der Waals surface area (Å²) in [6.07, 6.45) is 5.31. The lowest BCUT2D eigenvalue weighted by molar-refractivity contribution is 0.00578. The van der Waals surface area contributed by atoms with Crippen LogP contribution >= 0.6 is 0 Å². The zero-order chi connectivity index (χ0) is 18.8. The Bertz CT molecular complexity index is 995. The largest absolute Gasteiger partial charge is 0.494 e. The Labute approximate surface area is 161 Å². The van der Waals surface area contributed by atoms with E-state index in [1.54, 1.807) is 0 Å². The van der Waals surface area contributed by atoms with Gasteiger partial charge in [0.1, 0.15) is 11.2 Å². The van der Waals surface area contributed by atoms with E-state index in [9.17, 15) is 0 Å². The van der Waals surface area contributed by atoms with Crippen LogP contribution in [0.15, 0.2) is 40.8 Å². The van der Waals surface area contributed by atoms with Crippen molar-refractivity contribution in [2.45, 2.75) is 70.5 Å². The van der Waals surface area contributed by atoms with Crippen molar-refractivity contribution < 1.29 is 13.7 Å². The molecule has 3 aromatic rings. The maximum Gasteiger partial charge on any atom is 0.494 e. The smallest absolute Gasteiger partial charge is 0.456 e. The molecular weight excluding hydrogens is 335 g/mol. The Kier molecular flexibility index (Phi) is 3.76. The maximum absolute atomic E-state index is 6.24. The van der Waals surface area contributed by atoms with Gasteiger partial charge in [-0.05, 0) is 75.7 Å². The summed E-state index contributed by atoms with van der Waals surface area (Å²) in [5.74, 6) is 0.700. The number of rotatable bonds is 2. The van der Waals surface area contributed by atoms with Crippen LogP contribution in [0.25, 0.3) is 21.9 Å². The van der Waals surface area contributed by atoms with Gasteiger partial charge >= 0.3 is 7.12 Å². The minimum Gasteiger partial charge on any atom is -0.456 e. The van der Waals surface area contributed by atoms with E-state index in [1.807, 2.05) is 6.07 Å². The van der Waals surface area contributed by atoms with Crippen LogP contribution in [0.2, 0.25) is 0 Å². The van der Waals surface area contributed by atoms with Crippen molar-refractivity contribution in [1.82, 2.24) is 0 Å². The van der Waals surface area contributed by atoms with Crippen LogP contribution in [0, 0.1) is 0 Å². The third-order valence-corrected chi connectivity index (χ3v) is 6.87. The van der Waals surface area contributed by atoms with E-state index in [0.29, 0.717) is 5.92 Å². The average Bonchev–Trinajstić information content (AvgIpc) is 3.31. The number of benzene rings is 2. The molecule has 2 fully saturated rings. The normalized spacial score (nSPS) is 22.3. The molecule has 0 unspecified atom stereocenters. The van der Waals surface area contributed by atoms with Gasteiger partial charge in [-0.3, -0.25) is 0 Å². The first-order valence-corrected chi connectivity index (χ1v) is 10.2. The summed E-state index contributed by atoms with van der Waals surface area (Å²) in [5, 5.41) is 2.35. The topological polar surface area (TPSA) is 31.6 Å². The number of furan rings is 1. The molecule has 140 valence electrons. The van der Waals surface area contributed by atoms with Gasteiger partial charge in [0.2, 0.25) is 0 Å². The molecule has 2 aliphatic rings. The second-order valence-corrected chi connectivity index (χ2v) is 9.18. The lowest BCUT2D eigenvalue weighted by Gasteiger charge is -2.32. The molecule has 0 radical (unpaired) electrons. The standard InChI is InChI=1S/C23H27BO3/c1-22(2)23(3,4)27-24(26-22)17-10-12-21-19(14-17)18-13-16(9-11-20(18)25-21)15-7-5-6-8-15/h9-15H,5-8H2,1-4H3. The molecule has 5 rings (SSSR count). The van der Waals surface area contributed by atoms with Gasteiger partial charge in [0.25, 0.3) is 0 Å². The first kappa shape index (κ1) is 17.3. The Hall–Kier alpha value is -1.78. The lowest BCUT2D eigenvalue weighted by Crippen LogP contribution is -2.41. The molecule has 1 saturated carbocycles. The molecule has 0 amide bonds. The predicted molar refractivity (Wildman–Crippen MR) is 111 cm³/mol. The van der Waals surface area contributed by atoms with Gasteiger partial charge in [0, 0.05) is 10.8 Å². The number of hydrogen-bond acceptors (Lipinski definition) is 3. The quantitative estimate of drug-likeness (QED) is 0.561. The molecule has 0 spiro atoms. The number of fused-ring (bicyclic) bond motifs is 3. The van der Waals surface area contributed by atoms with Crippen LogP contribution in [0.4, 0.5) is 0 Å². The van der Waals surface area contributed by atoms with Crippen LogP contribution in [-0.4, -0.2) is 18.3 Å². The average molecular weight is 362 g/mol. The Balaban J connectivity index is 1.58. The van der Waals surface area contributed by atoms with Crippen molar-refractivity contribution in [2.75, 3.05) is 0 Å². The SMILES string of the molecule is CC1(C)OB(c2ccc3oc4ccc(C5CCCC5)cc4c3c2)OC1(C)C. The minimum absolute atomic E-state index is 0.333. The summed E-state index contributed by atoms with van der Waals surface area (Å²) >= 11 is 0. The van der Waals surface area contributed by atoms with Crippen molar-refractivity contribution in [3.05, 3.63) is 42.0 Å². The van der Waals surface area contributed by atoms with Crippen LogP contribution in [0.1, 0.15) is 64.9 Å². The summed E-state index contributed by atoms with van der Waals surface area (Å²) in [4.78, 5) is 0. The summed E-state index contributed by atoms with van der Waals surface area (Å²) in [5.41, 5.74) is 3.71. The third-order valence-electron chi connectivity index (χ3n) is 6.87. The minimum atomic E-state index is -0.345.